The number of amides is 2. The Morgan fingerprint density at radius 1 is 1.09 bits per heavy atom. The van der Waals surface area contributed by atoms with E-state index in [1.807, 2.05) is 4.90 Å². The Labute approximate surface area is 261 Å². The first-order chi connectivity index (χ1) is 21.7. The van der Waals surface area contributed by atoms with E-state index in [1.165, 1.54) is 20.7 Å². The Morgan fingerprint density at radius 3 is 2.64 bits per heavy atom. The van der Waals surface area contributed by atoms with Gasteiger partial charge in [-0.15, -0.1) is 0 Å². The number of benzene rings is 2. The Bertz CT molecular complexity index is 1690. The fraction of sp³-hybridized carbons (Fsp3) is 0.424. The quantitative estimate of drug-likeness (QED) is 0.385. The molecule has 0 saturated carbocycles. The predicted molar refractivity (Wildman–Crippen MR) is 167 cm³/mol. The highest BCUT2D eigenvalue weighted by molar-refractivity contribution is 5.97. The summed E-state index contributed by atoms with van der Waals surface area (Å²) in [6, 6.07) is 14.0. The molecule has 2 aromatic carbocycles. The maximum absolute atomic E-state index is 13.8. The molecule has 0 spiro atoms. The minimum atomic E-state index is -1.05. The van der Waals surface area contributed by atoms with Crippen LogP contribution in [0.15, 0.2) is 48.8 Å². The van der Waals surface area contributed by atoms with Crippen LogP contribution in [0, 0.1) is 18.3 Å². The van der Waals surface area contributed by atoms with Crippen LogP contribution >= 0.6 is 0 Å². The van der Waals surface area contributed by atoms with E-state index in [0.29, 0.717) is 38.3 Å². The summed E-state index contributed by atoms with van der Waals surface area (Å²) in [5.41, 5.74) is 4.08. The van der Waals surface area contributed by atoms with Gasteiger partial charge >= 0.3 is 12.1 Å². The van der Waals surface area contributed by atoms with Crippen molar-refractivity contribution in [3.8, 4) is 12.1 Å². The third-order valence-electron chi connectivity index (χ3n) is 9.08. The van der Waals surface area contributed by atoms with E-state index in [9.17, 15) is 24.3 Å². The van der Waals surface area contributed by atoms with Gasteiger partial charge in [-0.1, -0.05) is 36.9 Å². The van der Waals surface area contributed by atoms with Gasteiger partial charge in [-0.25, -0.2) is 9.18 Å². The molecular weight excluding hydrogens is 577 g/mol. The Hall–Kier alpha value is -4.92. The summed E-state index contributed by atoms with van der Waals surface area (Å²) in [7, 11) is 0. The van der Waals surface area contributed by atoms with Crippen molar-refractivity contribution in [2.24, 2.45) is 0 Å². The number of hydrogen-bond donors (Lipinski definition) is 1. The highest BCUT2D eigenvalue weighted by atomic mass is 19.1. The zero-order valence-electron chi connectivity index (χ0n) is 25.3. The van der Waals surface area contributed by atoms with Gasteiger partial charge in [0.2, 0.25) is 0 Å². The number of nitriles is 1. The number of aryl methyl sites for hydroxylation is 1. The number of aromatic nitrogens is 2. The molecule has 3 aliphatic heterocycles. The number of hydrogen-bond acceptors (Lipinski definition) is 8. The molecule has 0 bridgehead atoms. The van der Waals surface area contributed by atoms with Gasteiger partial charge < -0.3 is 29.4 Å². The molecule has 11 nitrogen and oxygen atoms in total. The zero-order chi connectivity index (χ0) is 31.7. The van der Waals surface area contributed by atoms with Gasteiger partial charge in [0, 0.05) is 49.4 Å². The molecule has 3 aromatic rings. The average molecular weight is 614 g/mol. The van der Waals surface area contributed by atoms with E-state index in [1.54, 1.807) is 0 Å². The van der Waals surface area contributed by atoms with Crippen LogP contribution in [0.2, 0.25) is 0 Å². The molecule has 3 aliphatic rings. The summed E-state index contributed by atoms with van der Waals surface area (Å²) in [5.74, 6) is -1.18. The Morgan fingerprint density at radius 2 is 1.89 bits per heavy atom. The highest BCUT2D eigenvalue weighted by Crippen LogP contribution is 2.36. The highest BCUT2D eigenvalue weighted by Gasteiger charge is 2.35. The monoisotopic (exact) mass is 613 g/mol. The fourth-order valence-corrected chi connectivity index (χ4v) is 6.87. The number of halogens is 1. The molecule has 2 saturated heterocycles. The van der Waals surface area contributed by atoms with E-state index in [-0.39, 0.29) is 38.2 Å². The van der Waals surface area contributed by atoms with Gasteiger partial charge in [-0.05, 0) is 43.2 Å². The molecule has 4 heterocycles. The van der Waals surface area contributed by atoms with Crippen LogP contribution < -0.4 is 14.5 Å². The maximum atomic E-state index is 13.8. The van der Waals surface area contributed by atoms with Gasteiger partial charge in [0.15, 0.2) is 5.83 Å². The molecule has 12 heteroatoms. The Kier molecular flexibility index (Phi) is 8.43. The number of carbonyl (C=O) groups excluding carboxylic acids is 1. The molecule has 0 radical (unpaired) electrons. The first kappa shape index (κ1) is 30.1. The standard InChI is InChI=1S/C33H36FN7O4/c1-21-6-3-7-23-8-4-10-28(29(21)23)38-15-12-26-27(19-38)36-32(45-20-25-9-5-14-41(25)33(43)44)37-30(26)39-16-17-40(31(42)22(2)34)24(18-39)11-13-35/h3-4,6-8,10,24-25H,2,5,9,11-12,14-20H2,1H3,(H,43,44)/t24-,25-/m0/s1. The largest absolute Gasteiger partial charge is 0.465 e. The summed E-state index contributed by atoms with van der Waals surface area (Å²) in [6.45, 7) is 7.99. The second kappa shape index (κ2) is 12.6. The van der Waals surface area contributed by atoms with Crippen molar-refractivity contribution < 1.29 is 23.8 Å². The number of fused-ring (bicyclic) bond motifs is 2. The van der Waals surface area contributed by atoms with E-state index < -0.39 is 23.9 Å². The van der Waals surface area contributed by atoms with Crippen LogP contribution in [0.1, 0.15) is 36.1 Å². The summed E-state index contributed by atoms with van der Waals surface area (Å²) >= 11 is 0. The van der Waals surface area contributed by atoms with Gasteiger partial charge in [0.05, 0.1) is 36.8 Å². The van der Waals surface area contributed by atoms with Crippen LogP contribution in [-0.2, 0) is 17.8 Å². The van der Waals surface area contributed by atoms with Gasteiger partial charge in [0.1, 0.15) is 12.4 Å². The molecule has 0 aliphatic carbocycles. The number of anilines is 2. The number of nitrogens with zero attached hydrogens (tertiary/aromatic N) is 7. The van der Waals surface area contributed by atoms with E-state index in [0.717, 1.165) is 35.3 Å². The normalized spacial score (nSPS) is 19.8. The molecule has 234 valence electrons. The summed E-state index contributed by atoms with van der Waals surface area (Å²) in [4.78, 5) is 41.0. The topological polar surface area (TPSA) is 126 Å². The van der Waals surface area contributed by atoms with Crippen molar-refractivity contribution >= 4 is 34.3 Å². The SMILES string of the molecule is C=C(F)C(=O)N1CCN(c2nc(OC[C@@H]3CCCN3C(=O)O)nc3c2CCN(c2cccc4cccc(C)c24)C3)C[C@@H]1CC#N. The minimum absolute atomic E-state index is 0.0348. The summed E-state index contributed by atoms with van der Waals surface area (Å²) < 4.78 is 19.9. The number of carboxylic acid groups (broad SMARTS) is 1. The molecule has 45 heavy (non-hydrogen) atoms. The lowest BCUT2D eigenvalue weighted by Crippen LogP contribution is -2.55. The van der Waals surface area contributed by atoms with Crippen LogP contribution in [0.5, 0.6) is 6.01 Å². The number of rotatable bonds is 7. The first-order valence-electron chi connectivity index (χ1n) is 15.3. The number of carbonyl (C=O) groups is 2. The van der Waals surface area contributed by atoms with Gasteiger partial charge in [-0.2, -0.15) is 15.2 Å². The number of ether oxygens (including phenoxy) is 1. The van der Waals surface area contributed by atoms with Crippen LogP contribution in [0.25, 0.3) is 10.8 Å². The lowest BCUT2D eigenvalue weighted by atomic mass is 9.99. The smallest absolute Gasteiger partial charge is 0.407 e. The molecule has 2 amide bonds. The minimum Gasteiger partial charge on any atom is -0.465 e. The van der Waals surface area contributed by atoms with E-state index in [2.05, 4.69) is 60.9 Å². The predicted octanol–water partition coefficient (Wildman–Crippen LogP) is 4.44. The summed E-state index contributed by atoms with van der Waals surface area (Å²) in [5, 5.41) is 21.4. The van der Waals surface area contributed by atoms with E-state index >= 15 is 0 Å². The van der Waals surface area contributed by atoms with Crippen molar-refractivity contribution in [3.63, 3.8) is 0 Å². The van der Waals surface area contributed by atoms with Crippen molar-refractivity contribution in [1.82, 2.24) is 19.8 Å². The second-order valence-corrected chi connectivity index (χ2v) is 11.8. The molecule has 1 N–H and O–H groups in total. The zero-order valence-corrected chi connectivity index (χ0v) is 25.3. The van der Waals surface area contributed by atoms with Crippen molar-refractivity contribution in [3.05, 3.63) is 65.6 Å². The fourth-order valence-electron chi connectivity index (χ4n) is 6.87. The Balaban J connectivity index is 1.34. The van der Waals surface area contributed by atoms with Crippen LogP contribution in [0.4, 0.5) is 20.7 Å². The van der Waals surface area contributed by atoms with Crippen LogP contribution in [-0.4, -0.2) is 88.3 Å². The van der Waals surface area contributed by atoms with Crippen molar-refractivity contribution in [2.75, 3.05) is 49.1 Å². The van der Waals surface area contributed by atoms with E-state index in [4.69, 9.17) is 14.7 Å². The maximum Gasteiger partial charge on any atom is 0.407 e. The van der Waals surface area contributed by atoms with Crippen molar-refractivity contribution in [2.45, 2.75) is 51.2 Å². The molecule has 1 aromatic heterocycles. The molecule has 2 atom stereocenters. The van der Waals surface area contributed by atoms with Gasteiger partial charge in [0.25, 0.3) is 5.91 Å². The lowest BCUT2D eigenvalue weighted by molar-refractivity contribution is -0.131. The number of piperazine rings is 1. The molecule has 2 fully saturated rings. The second-order valence-electron chi connectivity index (χ2n) is 11.8. The molecule has 0 unspecified atom stereocenters. The van der Waals surface area contributed by atoms with Crippen molar-refractivity contribution in [1.29, 1.82) is 5.26 Å². The number of likely N-dealkylation sites (tertiary alicyclic amines) is 1. The third kappa shape index (κ3) is 5.94. The first-order valence-corrected chi connectivity index (χ1v) is 15.3. The molecule has 6 rings (SSSR count). The molecular formula is C33H36FN7O4. The van der Waals surface area contributed by atoms with Gasteiger partial charge in [-0.3, -0.25) is 4.79 Å². The average Bonchev–Trinajstić information content (AvgIpc) is 3.52. The third-order valence-corrected chi connectivity index (χ3v) is 9.08. The summed E-state index contributed by atoms with van der Waals surface area (Å²) in [6.07, 6.45) is 1.19. The van der Waals surface area contributed by atoms with Crippen LogP contribution in [0.3, 0.4) is 0 Å². The lowest BCUT2D eigenvalue weighted by Gasteiger charge is -2.42.